The second kappa shape index (κ2) is 10.2. The number of ether oxygens (including phenoxy) is 1. The number of carbonyl (C=O) groups excluding carboxylic acids is 1. The Bertz CT molecular complexity index is 1850. The zero-order valence-electron chi connectivity index (χ0n) is 24.2. The van der Waals surface area contributed by atoms with Crippen LogP contribution < -0.4 is 15.0 Å². The highest BCUT2D eigenvalue weighted by Gasteiger charge is 2.47. The lowest BCUT2D eigenvalue weighted by atomic mass is 9.97. The molecule has 5 aromatic rings. The minimum absolute atomic E-state index is 0.105. The van der Waals surface area contributed by atoms with Gasteiger partial charge in [-0.15, -0.1) is 0 Å². The molecule has 5 aromatic heterocycles. The predicted octanol–water partition coefficient (Wildman–Crippen LogP) is 4.11. The molecule has 0 bridgehead atoms. The van der Waals surface area contributed by atoms with Crippen LogP contribution in [0.15, 0.2) is 67.5 Å². The van der Waals surface area contributed by atoms with Crippen LogP contribution in [0.25, 0.3) is 27.8 Å². The van der Waals surface area contributed by atoms with E-state index in [2.05, 4.69) is 56.6 Å². The zero-order valence-corrected chi connectivity index (χ0v) is 24.2. The summed E-state index contributed by atoms with van der Waals surface area (Å²) in [5, 5.41) is 21.8. The smallest absolute Gasteiger partial charge is 0.253 e. The summed E-state index contributed by atoms with van der Waals surface area (Å²) < 4.78 is 8.62. The van der Waals surface area contributed by atoms with Gasteiger partial charge >= 0.3 is 0 Å². The van der Waals surface area contributed by atoms with Crippen LogP contribution in [0, 0.1) is 23.2 Å². The van der Waals surface area contributed by atoms with Gasteiger partial charge in [-0.05, 0) is 55.9 Å². The lowest BCUT2D eigenvalue weighted by Crippen LogP contribution is -2.45. The summed E-state index contributed by atoms with van der Waals surface area (Å²) in [6.45, 7) is 3.94. The number of nitriles is 1. The predicted molar refractivity (Wildman–Crippen MR) is 160 cm³/mol. The van der Waals surface area contributed by atoms with Crippen LogP contribution in [0.1, 0.15) is 35.7 Å². The molecule has 6 heterocycles. The molecule has 216 valence electrons. The number of aromatic nitrogens is 6. The maximum atomic E-state index is 12.9. The summed E-state index contributed by atoms with van der Waals surface area (Å²) in [5.41, 5.74) is 5.28. The number of nitrogens with one attached hydrogen (secondary N) is 1. The molecule has 11 heteroatoms. The van der Waals surface area contributed by atoms with Gasteiger partial charge in [-0.2, -0.15) is 15.5 Å². The average molecular weight is 574 g/mol. The molecule has 2 aliphatic rings. The molecule has 0 radical (unpaired) electrons. The lowest BCUT2D eigenvalue weighted by molar-refractivity contribution is 0.0904. The van der Waals surface area contributed by atoms with Crippen molar-refractivity contribution in [3.63, 3.8) is 0 Å². The number of amides is 1. The van der Waals surface area contributed by atoms with Gasteiger partial charge in [0.1, 0.15) is 11.9 Å². The highest BCUT2D eigenvalue weighted by molar-refractivity contribution is 5.94. The van der Waals surface area contributed by atoms with Crippen molar-refractivity contribution >= 4 is 17.2 Å². The van der Waals surface area contributed by atoms with Crippen molar-refractivity contribution in [3.8, 4) is 34.2 Å². The summed E-state index contributed by atoms with van der Waals surface area (Å²) in [6, 6.07) is 11.9. The van der Waals surface area contributed by atoms with Crippen LogP contribution in [0.4, 0.5) is 5.82 Å². The molecule has 0 spiro atoms. The normalized spacial score (nSPS) is 21.1. The van der Waals surface area contributed by atoms with Crippen LogP contribution in [0.5, 0.6) is 5.88 Å². The van der Waals surface area contributed by atoms with E-state index in [1.807, 2.05) is 31.8 Å². The van der Waals surface area contributed by atoms with Crippen LogP contribution in [0.3, 0.4) is 0 Å². The fourth-order valence-corrected chi connectivity index (χ4v) is 6.80. The third-order valence-electron chi connectivity index (χ3n) is 8.78. The van der Waals surface area contributed by atoms with Crippen molar-refractivity contribution in [1.82, 2.24) is 34.7 Å². The largest absolute Gasteiger partial charge is 0.481 e. The third kappa shape index (κ3) is 4.84. The Hall–Kier alpha value is -5.24. The Kier molecular flexibility index (Phi) is 6.34. The van der Waals surface area contributed by atoms with Crippen molar-refractivity contribution in [2.45, 2.75) is 25.3 Å². The van der Waals surface area contributed by atoms with Gasteiger partial charge in [-0.1, -0.05) is 0 Å². The molecule has 0 aromatic carbocycles. The number of aryl methyl sites for hydroxylation is 1. The zero-order chi connectivity index (χ0) is 29.7. The van der Waals surface area contributed by atoms with Gasteiger partial charge in [0, 0.05) is 78.8 Å². The van der Waals surface area contributed by atoms with Gasteiger partial charge in [0.05, 0.1) is 36.1 Å². The van der Waals surface area contributed by atoms with E-state index in [4.69, 9.17) is 9.72 Å². The fourth-order valence-electron chi connectivity index (χ4n) is 6.80. The third-order valence-corrected chi connectivity index (χ3v) is 8.78. The Morgan fingerprint density at radius 2 is 1.81 bits per heavy atom. The highest BCUT2D eigenvalue weighted by Crippen LogP contribution is 2.45. The molecule has 11 nitrogen and oxygen atoms in total. The first-order valence-electron chi connectivity index (χ1n) is 14.3. The number of methoxy groups -OCH3 is 1. The van der Waals surface area contributed by atoms with E-state index in [0.717, 1.165) is 59.5 Å². The van der Waals surface area contributed by atoms with Crippen LogP contribution in [-0.4, -0.2) is 61.0 Å². The number of carbonyl (C=O) groups is 1. The standard InChI is InChI=1S/C32H31N9O2/c1-32(38-31(42)21-5-7-29(43-3)35-13-21)9-23-17-40(18-24(23)10-32)28-6-4-20(12-34-28)27-8-22(26-15-36-39(2)16-26)19-41-30(27)25(11-33)14-37-41/h4-8,12-16,19,23-24H,9-10,17-18H2,1-3H3,(H,38,42)/t23-,24+,32?. The molecule has 1 amide bonds. The fraction of sp³-hybridized carbons (Fsp3) is 0.312. The molecule has 43 heavy (non-hydrogen) atoms. The molecule has 3 atom stereocenters. The van der Waals surface area contributed by atoms with E-state index in [0.29, 0.717) is 28.8 Å². The van der Waals surface area contributed by atoms with Crippen molar-refractivity contribution in [2.75, 3.05) is 25.1 Å². The number of fused-ring (bicyclic) bond motifs is 2. The SMILES string of the molecule is COc1ccc(C(=O)NC2(C)C[C@H]3CN(c4ccc(-c5cc(-c6cnn(C)c6)cn6ncc(C#N)c56)cn4)C[C@H]3C2)cn1. The molecular weight excluding hydrogens is 542 g/mol. The molecular formula is C32H31N9O2. The molecule has 1 aliphatic heterocycles. The van der Waals surface area contributed by atoms with Crippen molar-refractivity contribution in [3.05, 3.63) is 78.6 Å². The Balaban J connectivity index is 1.07. The first-order valence-corrected chi connectivity index (χ1v) is 14.3. The summed E-state index contributed by atoms with van der Waals surface area (Å²) >= 11 is 0. The Morgan fingerprint density at radius 3 is 2.44 bits per heavy atom. The van der Waals surface area contributed by atoms with E-state index in [9.17, 15) is 10.1 Å². The molecule has 1 N–H and O–H groups in total. The van der Waals surface area contributed by atoms with Crippen molar-refractivity contribution in [2.24, 2.45) is 18.9 Å². The molecule has 1 saturated carbocycles. The van der Waals surface area contributed by atoms with Gasteiger partial charge in [0.25, 0.3) is 5.91 Å². The van der Waals surface area contributed by atoms with Gasteiger partial charge in [0.2, 0.25) is 5.88 Å². The van der Waals surface area contributed by atoms with Crippen LogP contribution in [-0.2, 0) is 7.05 Å². The Morgan fingerprint density at radius 1 is 1.00 bits per heavy atom. The molecule has 1 saturated heterocycles. The van der Waals surface area contributed by atoms with Gasteiger partial charge in [-0.3, -0.25) is 9.48 Å². The van der Waals surface area contributed by atoms with Gasteiger partial charge in [0.15, 0.2) is 0 Å². The maximum Gasteiger partial charge on any atom is 0.253 e. The number of nitrogens with zero attached hydrogens (tertiary/aromatic N) is 8. The minimum Gasteiger partial charge on any atom is -0.481 e. The van der Waals surface area contributed by atoms with Crippen molar-refractivity contribution < 1.29 is 9.53 Å². The van der Waals surface area contributed by atoms with Crippen molar-refractivity contribution in [1.29, 1.82) is 5.26 Å². The first-order chi connectivity index (χ1) is 20.8. The second-order valence-corrected chi connectivity index (χ2v) is 11.9. The first kappa shape index (κ1) is 26.6. The van der Waals surface area contributed by atoms with E-state index < -0.39 is 0 Å². The quantitative estimate of drug-likeness (QED) is 0.322. The number of anilines is 1. The summed E-state index contributed by atoms with van der Waals surface area (Å²) in [4.78, 5) is 24.3. The highest BCUT2D eigenvalue weighted by atomic mass is 16.5. The number of hydrogen-bond acceptors (Lipinski definition) is 8. The molecule has 1 aliphatic carbocycles. The lowest BCUT2D eigenvalue weighted by Gasteiger charge is -2.29. The molecule has 1 unspecified atom stereocenters. The molecule has 2 fully saturated rings. The van der Waals surface area contributed by atoms with Gasteiger partial charge in [-0.25, -0.2) is 14.5 Å². The number of pyridine rings is 3. The van der Waals surface area contributed by atoms with E-state index in [-0.39, 0.29) is 11.4 Å². The molecule has 7 rings (SSSR count). The number of rotatable bonds is 6. The Labute approximate surface area is 248 Å². The van der Waals surface area contributed by atoms with E-state index in [1.54, 1.807) is 40.8 Å². The topological polar surface area (TPSA) is 126 Å². The number of hydrogen-bond donors (Lipinski definition) is 1. The summed E-state index contributed by atoms with van der Waals surface area (Å²) in [5.74, 6) is 2.26. The minimum atomic E-state index is -0.260. The second-order valence-electron chi connectivity index (χ2n) is 11.9. The maximum absolute atomic E-state index is 12.9. The van der Waals surface area contributed by atoms with Crippen LogP contribution >= 0.6 is 0 Å². The summed E-state index contributed by atoms with van der Waals surface area (Å²) in [7, 11) is 3.44. The van der Waals surface area contributed by atoms with E-state index >= 15 is 0 Å². The monoisotopic (exact) mass is 573 g/mol. The summed E-state index contributed by atoms with van der Waals surface area (Å²) in [6.07, 6.45) is 12.6. The van der Waals surface area contributed by atoms with Gasteiger partial charge < -0.3 is 15.0 Å². The van der Waals surface area contributed by atoms with E-state index in [1.165, 1.54) is 0 Å². The average Bonchev–Trinajstić information content (AvgIpc) is 3.79. The van der Waals surface area contributed by atoms with Crippen LogP contribution in [0.2, 0.25) is 0 Å².